The number of hydrogen-bond acceptors (Lipinski definition) is 4. The van der Waals surface area contributed by atoms with Gasteiger partial charge in [0.1, 0.15) is 5.60 Å². The lowest BCUT2D eigenvalue weighted by Gasteiger charge is -2.29. The Kier molecular flexibility index (Phi) is 7.03. The molecule has 0 heterocycles. The van der Waals surface area contributed by atoms with Gasteiger partial charge in [-0.05, 0) is 63.3 Å². The first kappa shape index (κ1) is 22.6. The average molecular weight is 433 g/mol. The van der Waals surface area contributed by atoms with Crippen LogP contribution in [0.25, 0.3) is 10.8 Å². The number of carbonyl (C=O) groups excluding carboxylic acids is 1. The van der Waals surface area contributed by atoms with Crippen LogP contribution in [0.3, 0.4) is 0 Å². The van der Waals surface area contributed by atoms with Gasteiger partial charge < -0.3 is 10.1 Å². The molecule has 0 aliphatic heterocycles. The van der Waals surface area contributed by atoms with E-state index in [0.29, 0.717) is 23.9 Å². The van der Waals surface area contributed by atoms with Crippen LogP contribution in [-0.4, -0.2) is 33.2 Å². The Morgan fingerprint density at radius 1 is 1.03 bits per heavy atom. The summed E-state index contributed by atoms with van der Waals surface area (Å²) in [6, 6.07) is 12.8. The lowest BCUT2D eigenvalue weighted by atomic mass is 9.81. The normalized spacial score (nSPS) is 20.1. The Labute approximate surface area is 179 Å². The second-order valence-electron chi connectivity index (χ2n) is 9.11. The van der Waals surface area contributed by atoms with Gasteiger partial charge in [-0.15, -0.1) is 0 Å². The van der Waals surface area contributed by atoms with E-state index in [1.165, 1.54) is 0 Å². The van der Waals surface area contributed by atoms with Gasteiger partial charge in [0, 0.05) is 18.5 Å². The predicted octanol–water partition coefficient (Wildman–Crippen LogP) is 4.45. The van der Waals surface area contributed by atoms with E-state index in [4.69, 9.17) is 4.74 Å². The number of alkyl carbamates (subject to hydrolysis) is 1. The lowest BCUT2D eigenvalue weighted by Crippen LogP contribution is -2.38. The summed E-state index contributed by atoms with van der Waals surface area (Å²) in [5.41, 5.74) is -0.515. The first-order chi connectivity index (χ1) is 14.1. The van der Waals surface area contributed by atoms with E-state index in [2.05, 4.69) is 10.0 Å². The summed E-state index contributed by atoms with van der Waals surface area (Å²) < 4.78 is 34.0. The van der Waals surface area contributed by atoms with Crippen molar-refractivity contribution in [1.82, 2.24) is 10.0 Å². The molecule has 1 amide bonds. The van der Waals surface area contributed by atoms with Crippen molar-refractivity contribution in [3.05, 3.63) is 42.5 Å². The fourth-order valence-electron chi connectivity index (χ4n) is 4.05. The van der Waals surface area contributed by atoms with Crippen molar-refractivity contribution in [3.8, 4) is 0 Å². The molecular formula is C23H32N2O4S. The highest BCUT2D eigenvalue weighted by atomic mass is 32.2. The van der Waals surface area contributed by atoms with Gasteiger partial charge in [-0.2, -0.15) is 0 Å². The van der Waals surface area contributed by atoms with Crippen molar-refractivity contribution >= 4 is 26.9 Å². The highest BCUT2D eigenvalue weighted by Gasteiger charge is 2.25. The second-order valence-corrected chi connectivity index (χ2v) is 10.8. The molecule has 1 aliphatic carbocycles. The zero-order chi connectivity index (χ0) is 21.8. The highest BCUT2D eigenvalue weighted by molar-refractivity contribution is 7.89. The van der Waals surface area contributed by atoms with Crippen LogP contribution in [0.15, 0.2) is 47.4 Å². The highest BCUT2D eigenvalue weighted by Crippen LogP contribution is 2.29. The molecule has 164 valence electrons. The maximum Gasteiger partial charge on any atom is 0.407 e. The van der Waals surface area contributed by atoms with Gasteiger partial charge in [0.15, 0.2) is 0 Å². The molecule has 0 radical (unpaired) electrons. The quantitative estimate of drug-likeness (QED) is 0.706. The standard InChI is InChI=1S/C23H32N2O4S/c1-23(2,3)29-22(26)24-15-17-8-6-9-18(14-17)16-25-30(27,28)21-13-7-11-19-10-4-5-12-20(19)21/h4-5,7,10-13,17-18,25H,6,8-9,14-16H2,1-3H3,(H,24,26). The monoisotopic (exact) mass is 432 g/mol. The van der Waals surface area contributed by atoms with Crippen LogP contribution < -0.4 is 10.0 Å². The number of sulfonamides is 1. The van der Waals surface area contributed by atoms with E-state index in [1.54, 1.807) is 12.1 Å². The summed E-state index contributed by atoms with van der Waals surface area (Å²) >= 11 is 0. The second kappa shape index (κ2) is 9.35. The Bertz CT molecular complexity index is 977. The van der Waals surface area contributed by atoms with Crippen molar-refractivity contribution in [2.24, 2.45) is 11.8 Å². The third kappa shape index (κ3) is 6.19. The van der Waals surface area contributed by atoms with E-state index >= 15 is 0 Å². The minimum atomic E-state index is -3.59. The molecule has 0 bridgehead atoms. The summed E-state index contributed by atoms with van der Waals surface area (Å²) in [7, 11) is -3.59. The van der Waals surface area contributed by atoms with Crippen LogP contribution in [0.5, 0.6) is 0 Å². The zero-order valence-corrected chi connectivity index (χ0v) is 18.8. The van der Waals surface area contributed by atoms with Gasteiger partial charge >= 0.3 is 6.09 Å². The van der Waals surface area contributed by atoms with E-state index in [1.807, 2.05) is 51.1 Å². The molecule has 2 aromatic rings. The molecule has 0 saturated heterocycles. The number of fused-ring (bicyclic) bond motifs is 1. The first-order valence-corrected chi connectivity index (χ1v) is 12.1. The van der Waals surface area contributed by atoms with Crippen molar-refractivity contribution in [2.75, 3.05) is 13.1 Å². The van der Waals surface area contributed by atoms with Gasteiger partial charge in [-0.3, -0.25) is 0 Å². The number of amides is 1. The molecule has 7 heteroatoms. The van der Waals surface area contributed by atoms with Gasteiger partial charge in [0.05, 0.1) is 4.90 Å². The van der Waals surface area contributed by atoms with E-state index < -0.39 is 21.7 Å². The van der Waals surface area contributed by atoms with E-state index in [-0.39, 0.29) is 5.92 Å². The third-order valence-electron chi connectivity index (χ3n) is 5.43. The average Bonchev–Trinajstić information content (AvgIpc) is 2.69. The van der Waals surface area contributed by atoms with E-state index in [0.717, 1.165) is 36.5 Å². The number of rotatable bonds is 6. The van der Waals surface area contributed by atoms with Crippen molar-refractivity contribution in [2.45, 2.75) is 57.0 Å². The number of nitrogens with one attached hydrogen (secondary N) is 2. The number of benzene rings is 2. The van der Waals surface area contributed by atoms with Crippen molar-refractivity contribution in [1.29, 1.82) is 0 Å². The Balaban J connectivity index is 1.55. The maximum absolute atomic E-state index is 12.9. The minimum Gasteiger partial charge on any atom is -0.444 e. The summed E-state index contributed by atoms with van der Waals surface area (Å²) in [5, 5.41) is 4.49. The molecule has 0 aromatic heterocycles. The van der Waals surface area contributed by atoms with Gasteiger partial charge in [-0.25, -0.2) is 17.9 Å². The van der Waals surface area contributed by atoms with Gasteiger partial charge in [0.2, 0.25) is 10.0 Å². The predicted molar refractivity (Wildman–Crippen MR) is 119 cm³/mol. The zero-order valence-electron chi connectivity index (χ0n) is 18.0. The van der Waals surface area contributed by atoms with E-state index in [9.17, 15) is 13.2 Å². The largest absolute Gasteiger partial charge is 0.444 e. The fourth-order valence-corrected chi connectivity index (χ4v) is 5.39. The van der Waals surface area contributed by atoms with Crippen LogP contribution in [0.4, 0.5) is 4.79 Å². The van der Waals surface area contributed by atoms with Crippen LogP contribution in [-0.2, 0) is 14.8 Å². The van der Waals surface area contributed by atoms with Gasteiger partial charge in [0.25, 0.3) is 0 Å². The molecule has 2 atom stereocenters. The molecule has 1 aliphatic rings. The number of hydrogen-bond donors (Lipinski definition) is 2. The van der Waals surface area contributed by atoms with Gasteiger partial charge in [-0.1, -0.05) is 42.8 Å². The molecule has 1 fully saturated rings. The summed E-state index contributed by atoms with van der Waals surface area (Å²) in [6.07, 6.45) is 3.53. The van der Waals surface area contributed by atoms with Crippen LogP contribution in [0.1, 0.15) is 46.5 Å². The van der Waals surface area contributed by atoms with Crippen molar-refractivity contribution < 1.29 is 17.9 Å². The fraction of sp³-hybridized carbons (Fsp3) is 0.522. The molecule has 2 aromatic carbocycles. The third-order valence-corrected chi connectivity index (χ3v) is 6.91. The molecular weight excluding hydrogens is 400 g/mol. The molecule has 1 saturated carbocycles. The Hall–Kier alpha value is -2.12. The SMILES string of the molecule is CC(C)(C)OC(=O)NCC1CCCC(CNS(=O)(=O)c2cccc3ccccc23)C1. The summed E-state index contributed by atoms with van der Waals surface area (Å²) in [5.74, 6) is 0.590. The minimum absolute atomic E-state index is 0.258. The van der Waals surface area contributed by atoms with Crippen molar-refractivity contribution in [3.63, 3.8) is 0 Å². The summed E-state index contributed by atoms with van der Waals surface area (Å²) in [6.45, 7) is 6.48. The maximum atomic E-state index is 12.9. The molecule has 2 unspecified atom stereocenters. The molecule has 3 rings (SSSR count). The number of ether oxygens (including phenoxy) is 1. The summed E-state index contributed by atoms with van der Waals surface area (Å²) in [4.78, 5) is 12.2. The molecule has 0 spiro atoms. The Morgan fingerprint density at radius 2 is 1.70 bits per heavy atom. The molecule has 2 N–H and O–H groups in total. The lowest BCUT2D eigenvalue weighted by molar-refractivity contribution is 0.0512. The molecule has 6 nitrogen and oxygen atoms in total. The smallest absolute Gasteiger partial charge is 0.407 e. The first-order valence-electron chi connectivity index (χ1n) is 10.6. The molecule has 30 heavy (non-hydrogen) atoms. The van der Waals surface area contributed by atoms with Crippen LogP contribution in [0, 0.1) is 11.8 Å². The van der Waals surface area contributed by atoms with Crippen LogP contribution >= 0.6 is 0 Å². The topological polar surface area (TPSA) is 84.5 Å². The number of carbonyl (C=O) groups is 1. The van der Waals surface area contributed by atoms with Crippen LogP contribution in [0.2, 0.25) is 0 Å². The Morgan fingerprint density at radius 3 is 2.43 bits per heavy atom.